The monoisotopic (exact) mass is 360 g/mol. The van der Waals surface area contributed by atoms with Gasteiger partial charge in [0, 0.05) is 36.7 Å². The molecule has 1 N–H and O–H groups in total. The Morgan fingerprint density at radius 2 is 1.89 bits per heavy atom. The van der Waals surface area contributed by atoms with Crippen LogP contribution < -0.4 is 0 Å². The fourth-order valence-corrected chi connectivity index (χ4v) is 4.81. The fourth-order valence-electron chi connectivity index (χ4n) is 4.81. The summed E-state index contributed by atoms with van der Waals surface area (Å²) in [6.45, 7) is 0.750. The van der Waals surface area contributed by atoms with E-state index >= 15 is 0 Å². The molecule has 5 rings (SSSR count). The Hall–Kier alpha value is -2.95. The van der Waals surface area contributed by atoms with Gasteiger partial charge in [0.05, 0.1) is 11.3 Å². The SMILES string of the molecule is O=C(O)c1ccc2c(c1)C1CCCN(C(=O)c3ccc4c(c3)N=CC4)[C@H]1C2. The molecule has 1 aliphatic carbocycles. The van der Waals surface area contributed by atoms with Crippen LogP contribution in [0, 0.1) is 0 Å². The summed E-state index contributed by atoms with van der Waals surface area (Å²) < 4.78 is 0. The Kier molecular flexibility index (Phi) is 3.64. The number of aliphatic imine (C=N–C) groups is 1. The van der Waals surface area contributed by atoms with Crippen molar-refractivity contribution in [2.75, 3.05) is 6.54 Å². The summed E-state index contributed by atoms with van der Waals surface area (Å²) in [7, 11) is 0. The topological polar surface area (TPSA) is 70.0 Å². The lowest BCUT2D eigenvalue weighted by molar-refractivity contribution is 0.0594. The van der Waals surface area contributed by atoms with Crippen LogP contribution in [0.1, 0.15) is 56.2 Å². The molecule has 2 atom stereocenters. The number of benzene rings is 2. The van der Waals surface area contributed by atoms with Crippen molar-refractivity contribution in [3.05, 3.63) is 64.2 Å². The zero-order chi connectivity index (χ0) is 18.5. The standard InChI is InChI=1S/C22H20N2O3/c25-21(15-5-3-13-7-8-23-19(13)11-15)24-9-1-2-17-18-10-16(22(26)27)6-4-14(18)12-20(17)24/h3-6,8,10-11,17,20H,1-2,7,9,12H2,(H,26,27)/t17?,20-/m0/s1. The molecule has 2 aromatic rings. The van der Waals surface area contributed by atoms with E-state index in [1.807, 2.05) is 35.4 Å². The molecular weight excluding hydrogens is 340 g/mol. The lowest BCUT2D eigenvalue weighted by atomic mass is 9.87. The van der Waals surface area contributed by atoms with Crippen LogP contribution in [0.2, 0.25) is 0 Å². The van der Waals surface area contributed by atoms with Crippen LogP contribution in [0.5, 0.6) is 0 Å². The third-order valence-electron chi connectivity index (χ3n) is 6.13. The van der Waals surface area contributed by atoms with Crippen LogP contribution in [-0.4, -0.2) is 40.7 Å². The number of carbonyl (C=O) groups is 2. The molecule has 1 fully saturated rings. The molecule has 0 saturated carbocycles. The highest BCUT2D eigenvalue weighted by atomic mass is 16.4. The maximum atomic E-state index is 13.2. The highest BCUT2D eigenvalue weighted by molar-refractivity contribution is 5.96. The van der Waals surface area contributed by atoms with Crippen LogP contribution >= 0.6 is 0 Å². The van der Waals surface area contributed by atoms with Crippen molar-refractivity contribution in [2.45, 2.75) is 37.6 Å². The summed E-state index contributed by atoms with van der Waals surface area (Å²) in [5.41, 5.74) is 5.36. The molecule has 0 aromatic heterocycles. The minimum absolute atomic E-state index is 0.0564. The number of amides is 1. The maximum Gasteiger partial charge on any atom is 0.335 e. The average Bonchev–Trinajstić information content (AvgIpc) is 3.30. The number of carboxylic acid groups (broad SMARTS) is 1. The molecule has 136 valence electrons. The maximum absolute atomic E-state index is 13.2. The fraction of sp³-hybridized carbons (Fsp3) is 0.318. The van der Waals surface area contributed by atoms with E-state index in [-0.39, 0.29) is 17.9 Å². The number of nitrogens with zero attached hydrogens (tertiary/aromatic N) is 2. The van der Waals surface area contributed by atoms with Gasteiger partial charge in [-0.3, -0.25) is 9.79 Å². The summed E-state index contributed by atoms with van der Waals surface area (Å²) in [6, 6.07) is 11.3. The normalized spacial score (nSPS) is 22.3. The van der Waals surface area contributed by atoms with Gasteiger partial charge < -0.3 is 10.0 Å². The Morgan fingerprint density at radius 3 is 2.74 bits per heavy atom. The number of aromatic carboxylic acids is 1. The minimum Gasteiger partial charge on any atom is -0.478 e. The average molecular weight is 360 g/mol. The molecule has 3 aliphatic rings. The quantitative estimate of drug-likeness (QED) is 0.890. The smallest absolute Gasteiger partial charge is 0.335 e. The molecule has 1 unspecified atom stereocenters. The molecule has 1 amide bonds. The second kappa shape index (κ2) is 6.05. The van der Waals surface area contributed by atoms with Crippen LogP contribution in [0.25, 0.3) is 0 Å². The number of fused-ring (bicyclic) bond motifs is 4. The molecule has 2 heterocycles. The predicted octanol–water partition coefficient (Wildman–Crippen LogP) is 3.59. The molecule has 5 heteroatoms. The molecule has 0 spiro atoms. The van der Waals surface area contributed by atoms with E-state index in [1.165, 1.54) is 5.56 Å². The van der Waals surface area contributed by atoms with Gasteiger partial charge in [-0.1, -0.05) is 12.1 Å². The van der Waals surface area contributed by atoms with Gasteiger partial charge >= 0.3 is 5.97 Å². The van der Waals surface area contributed by atoms with E-state index in [9.17, 15) is 14.7 Å². The van der Waals surface area contributed by atoms with E-state index in [1.54, 1.807) is 12.1 Å². The van der Waals surface area contributed by atoms with Gasteiger partial charge in [-0.25, -0.2) is 4.79 Å². The van der Waals surface area contributed by atoms with Crippen LogP contribution in [0.4, 0.5) is 5.69 Å². The zero-order valence-electron chi connectivity index (χ0n) is 14.9. The summed E-state index contributed by atoms with van der Waals surface area (Å²) >= 11 is 0. The van der Waals surface area contributed by atoms with Gasteiger partial charge in [0.25, 0.3) is 5.91 Å². The van der Waals surface area contributed by atoms with Crippen LogP contribution in [0.15, 0.2) is 41.4 Å². The van der Waals surface area contributed by atoms with Crippen LogP contribution in [-0.2, 0) is 12.8 Å². The molecule has 5 nitrogen and oxygen atoms in total. The van der Waals surface area contributed by atoms with E-state index in [0.29, 0.717) is 11.1 Å². The van der Waals surface area contributed by atoms with Crippen molar-refractivity contribution in [1.82, 2.24) is 4.90 Å². The van der Waals surface area contributed by atoms with E-state index in [4.69, 9.17) is 0 Å². The molecule has 1 saturated heterocycles. The number of carboxylic acids is 1. The molecule has 2 aromatic carbocycles. The Morgan fingerprint density at radius 1 is 1.07 bits per heavy atom. The first kappa shape index (κ1) is 16.2. The van der Waals surface area contributed by atoms with Gasteiger partial charge in [0.15, 0.2) is 0 Å². The second-order valence-electron chi connectivity index (χ2n) is 7.60. The first-order chi connectivity index (χ1) is 13.1. The van der Waals surface area contributed by atoms with Gasteiger partial charge in [-0.2, -0.15) is 0 Å². The number of hydrogen-bond acceptors (Lipinski definition) is 3. The lowest BCUT2D eigenvalue weighted by Gasteiger charge is -2.38. The van der Waals surface area contributed by atoms with Crippen molar-refractivity contribution in [3.8, 4) is 0 Å². The van der Waals surface area contributed by atoms with Crippen molar-refractivity contribution < 1.29 is 14.7 Å². The summed E-state index contributed by atoms with van der Waals surface area (Å²) in [4.78, 5) is 30.9. The number of likely N-dealkylation sites (tertiary alicyclic amines) is 1. The van der Waals surface area contributed by atoms with E-state index in [2.05, 4.69) is 4.99 Å². The zero-order valence-corrected chi connectivity index (χ0v) is 14.9. The van der Waals surface area contributed by atoms with E-state index in [0.717, 1.165) is 49.0 Å². The van der Waals surface area contributed by atoms with Crippen LogP contribution in [0.3, 0.4) is 0 Å². The third kappa shape index (κ3) is 2.57. The Bertz CT molecular complexity index is 995. The third-order valence-corrected chi connectivity index (χ3v) is 6.13. The highest BCUT2D eigenvalue weighted by Gasteiger charge is 2.41. The second-order valence-corrected chi connectivity index (χ2v) is 7.60. The molecule has 0 bridgehead atoms. The first-order valence-electron chi connectivity index (χ1n) is 9.44. The Labute approximate surface area is 157 Å². The van der Waals surface area contributed by atoms with E-state index < -0.39 is 5.97 Å². The van der Waals surface area contributed by atoms with Gasteiger partial charge in [0.2, 0.25) is 0 Å². The largest absolute Gasteiger partial charge is 0.478 e. The summed E-state index contributed by atoms with van der Waals surface area (Å²) in [5.74, 6) is -0.617. The number of piperidine rings is 1. The molecule has 0 radical (unpaired) electrons. The molecule has 27 heavy (non-hydrogen) atoms. The van der Waals surface area contributed by atoms with Gasteiger partial charge in [-0.05, 0) is 60.2 Å². The number of rotatable bonds is 2. The highest BCUT2D eigenvalue weighted by Crippen LogP contribution is 2.43. The molecular formula is C22H20N2O3. The van der Waals surface area contributed by atoms with Gasteiger partial charge in [-0.15, -0.1) is 0 Å². The number of carbonyl (C=O) groups excluding carboxylic acids is 1. The van der Waals surface area contributed by atoms with Gasteiger partial charge in [0.1, 0.15) is 0 Å². The summed E-state index contributed by atoms with van der Waals surface area (Å²) in [5, 5.41) is 9.30. The Balaban J connectivity index is 1.46. The number of hydrogen-bond donors (Lipinski definition) is 1. The lowest BCUT2D eigenvalue weighted by Crippen LogP contribution is -2.46. The first-order valence-corrected chi connectivity index (χ1v) is 9.44. The minimum atomic E-state index is -0.899. The van der Waals surface area contributed by atoms with Crippen molar-refractivity contribution in [2.24, 2.45) is 4.99 Å². The predicted molar refractivity (Wildman–Crippen MR) is 102 cm³/mol. The molecule has 2 aliphatic heterocycles. The van der Waals surface area contributed by atoms with Crippen molar-refractivity contribution in [3.63, 3.8) is 0 Å². The van der Waals surface area contributed by atoms with Crippen molar-refractivity contribution >= 4 is 23.8 Å². The van der Waals surface area contributed by atoms with Crippen molar-refractivity contribution in [1.29, 1.82) is 0 Å². The summed E-state index contributed by atoms with van der Waals surface area (Å²) in [6.07, 6.45) is 5.45.